The molecule has 2 N–H and O–H groups in total. The first kappa shape index (κ1) is 15.2. The van der Waals surface area contributed by atoms with E-state index in [1.165, 1.54) is 0 Å². The van der Waals surface area contributed by atoms with Crippen LogP contribution in [0.3, 0.4) is 0 Å². The highest BCUT2D eigenvalue weighted by atomic mass is 35.5. The molecule has 1 unspecified atom stereocenters. The zero-order chi connectivity index (χ0) is 16.6. The van der Waals surface area contributed by atoms with Gasteiger partial charge in [0, 0.05) is 16.2 Å². The molecule has 0 aromatic heterocycles. The minimum atomic E-state index is -1.13. The fraction of sp³-hybridized carbons (Fsp3) is 0.200. The fourth-order valence-corrected chi connectivity index (χ4v) is 2.69. The standard InChI is InChI=1S/C15H13ClN4O3/c1-15(23-14(17)21)6-5-9(12-13(15)19-20-18-12)10-7-8(22-2)3-4-11(10)16/h3-7H,1-2H3,(H2,17,21). The van der Waals surface area contributed by atoms with Crippen molar-refractivity contribution in [3.8, 4) is 5.75 Å². The van der Waals surface area contributed by atoms with Crippen LogP contribution in [0.4, 0.5) is 4.79 Å². The predicted molar refractivity (Wildman–Crippen MR) is 85.4 cm³/mol. The number of benzene rings is 1. The summed E-state index contributed by atoms with van der Waals surface area (Å²) in [5.41, 5.74) is 6.31. The van der Waals surface area contributed by atoms with Crippen molar-refractivity contribution in [3.05, 3.63) is 46.6 Å². The van der Waals surface area contributed by atoms with Gasteiger partial charge in [0.05, 0.1) is 7.11 Å². The fourth-order valence-electron chi connectivity index (χ4n) is 2.47. The molecule has 3 rings (SSSR count). The Hall–Kier alpha value is -2.67. The van der Waals surface area contributed by atoms with E-state index < -0.39 is 11.7 Å². The third kappa shape index (κ3) is 2.59. The Labute approximate surface area is 137 Å². The maximum atomic E-state index is 11.1. The molecule has 0 fully saturated rings. The summed E-state index contributed by atoms with van der Waals surface area (Å²) in [4.78, 5) is 11.1. The molecule has 1 aliphatic carbocycles. The van der Waals surface area contributed by atoms with Crippen LogP contribution in [-0.4, -0.2) is 24.5 Å². The molecule has 1 aliphatic heterocycles. The summed E-state index contributed by atoms with van der Waals surface area (Å²) in [6.45, 7) is 1.66. The third-order valence-electron chi connectivity index (χ3n) is 3.58. The van der Waals surface area contributed by atoms with Crippen molar-refractivity contribution in [2.45, 2.75) is 12.5 Å². The quantitative estimate of drug-likeness (QED) is 0.919. The maximum Gasteiger partial charge on any atom is 0.405 e. The van der Waals surface area contributed by atoms with Gasteiger partial charge in [-0.1, -0.05) is 17.7 Å². The van der Waals surface area contributed by atoms with Gasteiger partial charge in [-0.3, -0.25) is 0 Å². The number of carbonyl (C=O) groups excluding carboxylic acids is 1. The minimum Gasteiger partial charge on any atom is -0.497 e. The SMILES string of the molecule is COc1ccc(Cl)c(C2=C3N=NN=C3C(C)(OC(N)=O)C=C2)c1. The minimum absolute atomic E-state index is 0.396. The molecular weight excluding hydrogens is 320 g/mol. The zero-order valence-electron chi connectivity index (χ0n) is 12.4. The van der Waals surface area contributed by atoms with Crippen LogP contribution in [0.2, 0.25) is 5.02 Å². The van der Waals surface area contributed by atoms with Crippen LogP contribution in [0.25, 0.3) is 5.57 Å². The molecule has 1 aromatic rings. The second kappa shape index (κ2) is 5.51. The Balaban J connectivity index is 2.11. The van der Waals surface area contributed by atoms with Gasteiger partial charge in [-0.05, 0) is 36.4 Å². The molecule has 1 atom stereocenters. The Morgan fingerprint density at radius 1 is 1.39 bits per heavy atom. The highest BCUT2D eigenvalue weighted by Gasteiger charge is 2.41. The molecule has 23 heavy (non-hydrogen) atoms. The number of hydrogen-bond donors (Lipinski definition) is 1. The van der Waals surface area contributed by atoms with Crippen molar-refractivity contribution in [3.63, 3.8) is 0 Å². The summed E-state index contributed by atoms with van der Waals surface area (Å²) < 4.78 is 10.4. The summed E-state index contributed by atoms with van der Waals surface area (Å²) in [6.07, 6.45) is 2.51. The highest BCUT2D eigenvalue weighted by molar-refractivity contribution is 6.33. The average molecular weight is 333 g/mol. The molecule has 0 spiro atoms. The second-order valence-electron chi connectivity index (χ2n) is 5.11. The molecule has 0 bridgehead atoms. The lowest BCUT2D eigenvalue weighted by Crippen LogP contribution is -2.41. The Morgan fingerprint density at radius 3 is 2.87 bits per heavy atom. The molecule has 1 aromatic carbocycles. The molecule has 1 heterocycles. The number of primary amides is 1. The maximum absolute atomic E-state index is 11.1. The van der Waals surface area contributed by atoms with Crippen LogP contribution in [0.5, 0.6) is 5.75 Å². The van der Waals surface area contributed by atoms with E-state index in [0.717, 1.165) is 0 Å². The molecule has 8 heteroatoms. The molecule has 0 saturated carbocycles. The van der Waals surface area contributed by atoms with E-state index in [2.05, 4.69) is 15.4 Å². The van der Waals surface area contributed by atoms with Crippen LogP contribution >= 0.6 is 11.6 Å². The first-order valence-electron chi connectivity index (χ1n) is 6.70. The lowest BCUT2D eigenvalue weighted by Gasteiger charge is -2.28. The van der Waals surface area contributed by atoms with Crippen LogP contribution in [0, 0.1) is 0 Å². The average Bonchev–Trinajstić information content (AvgIpc) is 2.99. The highest BCUT2D eigenvalue weighted by Crippen LogP contribution is 2.39. The van der Waals surface area contributed by atoms with Crippen LogP contribution in [0.15, 0.2) is 51.5 Å². The number of fused-ring (bicyclic) bond motifs is 1. The zero-order valence-corrected chi connectivity index (χ0v) is 13.2. The van der Waals surface area contributed by atoms with Crippen molar-refractivity contribution in [1.82, 2.24) is 0 Å². The van der Waals surface area contributed by atoms with Crippen molar-refractivity contribution in [1.29, 1.82) is 0 Å². The summed E-state index contributed by atoms with van der Waals surface area (Å²) >= 11 is 6.29. The number of ether oxygens (including phenoxy) is 2. The summed E-state index contributed by atoms with van der Waals surface area (Å²) in [5, 5.41) is 12.2. The van der Waals surface area contributed by atoms with E-state index in [9.17, 15) is 4.79 Å². The summed E-state index contributed by atoms with van der Waals surface area (Å²) in [7, 11) is 1.57. The number of nitrogens with zero attached hydrogens (tertiary/aromatic N) is 3. The van der Waals surface area contributed by atoms with E-state index in [-0.39, 0.29) is 0 Å². The van der Waals surface area contributed by atoms with Gasteiger partial charge in [0.2, 0.25) is 0 Å². The van der Waals surface area contributed by atoms with Gasteiger partial charge in [-0.15, -0.1) is 10.2 Å². The number of methoxy groups -OCH3 is 1. The first-order valence-corrected chi connectivity index (χ1v) is 7.08. The van der Waals surface area contributed by atoms with E-state index in [4.69, 9.17) is 26.8 Å². The van der Waals surface area contributed by atoms with E-state index >= 15 is 0 Å². The first-order chi connectivity index (χ1) is 10.9. The van der Waals surface area contributed by atoms with Gasteiger partial charge >= 0.3 is 6.09 Å². The van der Waals surface area contributed by atoms with Gasteiger partial charge in [-0.25, -0.2) is 4.79 Å². The van der Waals surface area contributed by atoms with Gasteiger partial charge in [0.25, 0.3) is 0 Å². The molecule has 7 nitrogen and oxygen atoms in total. The van der Waals surface area contributed by atoms with E-state index in [1.54, 1.807) is 44.4 Å². The van der Waals surface area contributed by atoms with Crippen molar-refractivity contribution in [2.24, 2.45) is 21.2 Å². The number of nitrogens with two attached hydrogens (primary N) is 1. The predicted octanol–water partition coefficient (Wildman–Crippen LogP) is 3.31. The third-order valence-corrected chi connectivity index (χ3v) is 3.91. The number of halogens is 1. The topological polar surface area (TPSA) is 98.6 Å². The number of carbonyl (C=O) groups is 1. The van der Waals surface area contributed by atoms with Gasteiger partial charge < -0.3 is 15.2 Å². The van der Waals surface area contributed by atoms with Crippen molar-refractivity contribution in [2.75, 3.05) is 7.11 Å². The summed E-state index contributed by atoms with van der Waals surface area (Å²) in [5.74, 6) is 0.654. The largest absolute Gasteiger partial charge is 0.497 e. The van der Waals surface area contributed by atoms with Gasteiger partial charge in [0.1, 0.15) is 17.2 Å². The van der Waals surface area contributed by atoms with E-state index in [1.807, 2.05) is 0 Å². The van der Waals surface area contributed by atoms with Crippen LogP contribution < -0.4 is 10.5 Å². The Bertz CT molecular complexity index is 813. The number of amides is 1. The molecule has 118 valence electrons. The Kier molecular flexibility index (Phi) is 3.65. The Morgan fingerprint density at radius 2 is 2.17 bits per heavy atom. The van der Waals surface area contributed by atoms with Gasteiger partial charge in [0.15, 0.2) is 5.60 Å². The number of rotatable bonds is 3. The second-order valence-corrected chi connectivity index (χ2v) is 5.51. The lowest BCUT2D eigenvalue weighted by atomic mass is 9.86. The normalized spacial score (nSPS) is 22.0. The van der Waals surface area contributed by atoms with Crippen LogP contribution in [-0.2, 0) is 4.74 Å². The number of allylic oxidation sites excluding steroid dienone is 2. The number of hydrogen-bond acceptors (Lipinski definition) is 6. The molecule has 0 radical (unpaired) electrons. The van der Waals surface area contributed by atoms with Crippen molar-refractivity contribution < 1.29 is 14.3 Å². The lowest BCUT2D eigenvalue weighted by molar-refractivity contribution is 0.109. The van der Waals surface area contributed by atoms with Crippen molar-refractivity contribution >= 4 is 29.0 Å². The van der Waals surface area contributed by atoms with Gasteiger partial charge in [-0.2, -0.15) is 0 Å². The van der Waals surface area contributed by atoms with E-state index in [0.29, 0.717) is 33.3 Å². The molecule has 1 amide bonds. The molecule has 2 aliphatic rings. The van der Waals surface area contributed by atoms with Crippen LogP contribution in [0.1, 0.15) is 12.5 Å². The molecular formula is C15H13ClN4O3. The summed E-state index contributed by atoms with van der Waals surface area (Å²) in [6, 6.07) is 5.28. The molecule has 0 saturated heterocycles. The monoisotopic (exact) mass is 332 g/mol. The smallest absolute Gasteiger partial charge is 0.405 e.